The summed E-state index contributed by atoms with van der Waals surface area (Å²) in [5.41, 5.74) is 22.8. The number of hydrogen-bond donors (Lipinski definition) is 0. The first-order valence-electron chi connectivity index (χ1n) is 19.1. The summed E-state index contributed by atoms with van der Waals surface area (Å²) < 4.78 is 9.72. The van der Waals surface area contributed by atoms with Gasteiger partial charge in [0.25, 0.3) is 0 Å². The Labute approximate surface area is 314 Å². The van der Waals surface area contributed by atoms with Gasteiger partial charge in [0.1, 0.15) is 0 Å². The van der Waals surface area contributed by atoms with Gasteiger partial charge in [0, 0.05) is 21.5 Å². The van der Waals surface area contributed by atoms with E-state index in [0.717, 1.165) is 44.7 Å². The molecule has 0 bridgehead atoms. The van der Waals surface area contributed by atoms with Crippen LogP contribution in [-0.2, 0) is 0 Å². The third kappa shape index (κ3) is 3.43. The first-order chi connectivity index (χ1) is 26.9. The van der Waals surface area contributed by atoms with E-state index in [4.69, 9.17) is 9.97 Å². The quantitative estimate of drug-likeness (QED) is 0.180. The largest absolute Gasteiger partial charge is 0.277 e. The molecular formula is C49H34N6. The SMILES string of the molecule is Cc1cc(C)c(-c2ccc3c(c2)c2c4c5c(c6cc(-c7c(C)cccc7C)ccc6n5c5nc6ccccc6n45)c4c2n3c2nc3ccccc3n42)c(C)c1. The summed E-state index contributed by atoms with van der Waals surface area (Å²) in [5, 5.41) is 4.91. The molecular weight excluding hydrogens is 673 g/mol. The van der Waals surface area contributed by atoms with Crippen LogP contribution in [0.4, 0.5) is 0 Å². The Morgan fingerprint density at radius 1 is 0.382 bits per heavy atom. The predicted molar refractivity (Wildman–Crippen MR) is 228 cm³/mol. The smallest absolute Gasteiger partial charge is 0.220 e. The Hall–Kier alpha value is -6.92. The van der Waals surface area contributed by atoms with Crippen LogP contribution in [0.15, 0.2) is 115 Å². The number of rotatable bonds is 2. The Kier molecular flexibility index (Phi) is 5.25. The van der Waals surface area contributed by atoms with Gasteiger partial charge in [0.05, 0.1) is 55.2 Å². The van der Waals surface area contributed by atoms with Gasteiger partial charge in [0.2, 0.25) is 11.6 Å². The Bertz CT molecular complexity index is 3780. The molecule has 0 aliphatic carbocycles. The van der Waals surface area contributed by atoms with E-state index in [1.54, 1.807) is 0 Å². The molecule has 7 aromatic carbocycles. The number of fused-ring (bicyclic) bond motifs is 18. The standard InChI is InChI=1S/C49H34N6/c1-25-21-28(4)41(29(5)22-25)31-18-20-37-33(24-31)43-45-46(54-38-15-8-6-13-34(38)51-49(54)53(37)45)42-32-23-30(40-26(2)11-10-12-27(40)3)17-19-36(32)52-44(42)47(43)55-39-16-9-7-14-35(39)50-48(52)55/h6-24H,1-5H3. The van der Waals surface area contributed by atoms with Gasteiger partial charge in [-0.25, -0.2) is 9.97 Å². The lowest BCUT2D eigenvalue weighted by molar-refractivity contribution is 1.21. The lowest BCUT2D eigenvalue weighted by Crippen LogP contribution is -1.91. The molecule has 0 saturated heterocycles. The molecule has 0 unspecified atom stereocenters. The molecule has 6 aromatic heterocycles. The molecule has 6 nitrogen and oxygen atoms in total. The number of aromatic nitrogens is 6. The van der Waals surface area contributed by atoms with Crippen molar-refractivity contribution in [3.8, 4) is 22.3 Å². The molecule has 0 amide bonds. The minimum absolute atomic E-state index is 0.938. The molecule has 0 atom stereocenters. The summed E-state index contributed by atoms with van der Waals surface area (Å²) >= 11 is 0. The van der Waals surface area contributed by atoms with Gasteiger partial charge in [-0.15, -0.1) is 0 Å². The monoisotopic (exact) mass is 706 g/mol. The zero-order valence-electron chi connectivity index (χ0n) is 31.2. The second-order valence-corrected chi connectivity index (χ2v) is 15.8. The maximum atomic E-state index is 5.39. The summed E-state index contributed by atoms with van der Waals surface area (Å²) in [6.07, 6.45) is 0. The number of hydrogen-bond acceptors (Lipinski definition) is 2. The number of nitrogens with zero attached hydrogens (tertiary/aromatic N) is 6. The van der Waals surface area contributed by atoms with Gasteiger partial charge >= 0.3 is 0 Å². The van der Waals surface area contributed by atoms with Gasteiger partial charge in [-0.2, -0.15) is 0 Å². The fourth-order valence-corrected chi connectivity index (χ4v) is 10.6. The van der Waals surface area contributed by atoms with Gasteiger partial charge < -0.3 is 0 Å². The molecule has 55 heavy (non-hydrogen) atoms. The molecule has 260 valence electrons. The highest BCUT2D eigenvalue weighted by Crippen LogP contribution is 2.50. The van der Waals surface area contributed by atoms with Crippen LogP contribution < -0.4 is 0 Å². The van der Waals surface area contributed by atoms with Crippen molar-refractivity contribution in [3.05, 3.63) is 143 Å². The Balaban J connectivity index is 1.34. The van der Waals surface area contributed by atoms with Gasteiger partial charge in [-0.1, -0.05) is 72.3 Å². The molecule has 6 heterocycles. The molecule has 0 saturated carbocycles. The molecule has 0 fully saturated rings. The van der Waals surface area contributed by atoms with Crippen LogP contribution in [-0.4, -0.2) is 27.6 Å². The average molecular weight is 707 g/mol. The first-order valence-corrected chi connectivity index (χ1v) is 19.1. The predicted octanol–water partition coefficient (Wildman–Crippen LogP) is 12.2. The van der Waals surface area contributed by atoms with E-state index in [1.807, 2.05) is 0 Å². The minimum Gasteiger partial charge on any atom is -0.277 e. The van der Waals surface area contributed by atoms with E-state index >= 15 is 0 Å². The molecule has 0 aliphatic rings. The van der Waals surface area contributed by atoms with Crippen LogP contribution in [0.3, 0.4) is 0 Å². The lowest BCUT2D eigenvalue weighted by atomic mass is 9.92. The number of benzene rings is 7. The van der Waals surface area contributed by atoms with Crippen molar-refractivity contribution in [2.75, 3.05) is 0 Å². The van der Waals surface area contributed by atoms with E-state index in [2.05, 4.69) is 167 Å². The topological polar surface area (TPSA) is 43.4 Å². The summed E-state index contributed by atoms with van der Waals surface area (Å²) in [5.74, 6) is 1.88. The maximum absolute atomic E-state index is 5.39. The molecule has 0 N–H and O–H groups in total. The van der Waals surface area contributed by atoms with E-state index in [-0.39, 0.29) is 0 Å². The second kappa shape index (κ2) is 9.78. The summed E-state index contributed by atoms with van der Waals surface area (Å²) in [6, 6.07) is 42.5. The van der Waals surface area contributed by atoms with Crippen molar-refractivity contribution in [2.45, 2.75) is 34.6 Å². The van der Waals surface area contributed by atoms with E-state index in [1.165, 1.54) is 93.7 Å². The highest BCUT2D eigenvalue weighted by Gasteiger charge is 2.32. The third-order valence-electron chi connectivity index (χ3n) is 12.5. The molecule has 0 radical (unpaired) electrons. The molecule has 13 rings (SSSR count). The van der Waals surface area contributed by atoms with Crippen molar-refractivity contribution < 1.29 is 0 Å². The Morgan fingerprint density at radius 3 is 1.27 bits per heavy atom. The highest BCUT2D eigenvalue weighted by atomic mass is 15.2. The molecule has 0 spiro atoms. The first kappa shape index (κ1) is 29.5. The van der Waals surface area contributed by atoms with Crippen LogP contribution in [0.2, 0.25) is 0 Å². The van der Waals surface area contributed by atoms with Crippen LogP contribution in [0.25, 0.3) is 111 Å². The van der Waals surface area contributed by atoms with Gasteiger partial charge in [-0.05, 0) is 128 Å². The average Bonchev–Trinajstić information content (AvgIpc) is 3.99. The second-order valence-electron chi connectivity index (χ2n) is 15.8. The lowest BCUT2D eigenvalue weighted by Gasteiger charge is -2.12. The van der Waals surface area contributed by atoms with Crippen molar-refractivity contribution in [2.24, 2.45) is 0 Å². The summed E-state index contributed by atoms with van der Waals surface area (Å²) in [6.45, 7) is 11.1. The molecule has 0 aliphatic heterocycles. The summed E-state index contributed by atoms with van der Waals surface area (Å²) in [4.78, 5) is 10.8. The van der Waals surface area contributed by atoms with Crippen molar-refractivity contribution in [1.82, 2.24) is 27.6 Å². The number of imidazole rings is 4. The maximum Gasteiger partial charge on any atom is 0.220 e. The molecule has 13 aromatic rings. The fourth-order valence-electron chi connectivity index (χ4n) is 10.6. The molecule has 6 heteroatoms. The van der Waals surface area contributed by atoms with Crippen LogP contribution in [0, 0.1) is 34.6 Å². The van der Waals surface area contributed by atoms with E-state index < -0.39 is 0 Å². The van der Waals surface area contributed by atoms with Gasteiger partial charge in [0.15, 0.2) is 0 Å². The fraction of sp³-hybridized carbons (Fsp3) is 0.102. The van der Waals surface area contributed by atoms with E-state index in [9.17, 15) is 0 Å². The van der Waals surface area contributed by atoms with Crippen LogP contribution >= 0.6 is 0 Å². The highest BCUT2D eigenvalue weighted by molar-refractivity contribution is 6.37. The number of aryl methyl sites for hydroxylation is 5. The van der Waals surface area contributed by atoms with Gasteiger partial charge in [-0.3, -0.25) is 17.6 Å². The van der Waals surface area contributed by atoms with E-state index in [0.29, 0.717) is 0 Å². The Morgan fingerprint density at radius 2 is 0.800 bits per heavy atom. The van der Waals surface area contributed by atoms with Crippen LogP contribution in [0.5, 0.6) is 0 Å². The summed E-state index contributed by atoms with van der Waals surface area (Å²) in [7, 11) is 0. The minimum atomic E-state index is 0.938. The number of para-hydroxylation sites is 4. The zero-order valence-corrected chi connectivity index (χ0v) is 31.2. The zero-order chi connectivity index (χ0) is 36.6. The third-order valence-corrected chi connectivity index (χ3v) is 12.5. The normalized spacial score (nSPS) is 12.8. The van der Waals surface area contributed by atoms with Crippen molar-refractivity contribution in [3.63, 3.8) is 0 Å². The van der Waals surface area contributed by atoms with Crippen molar-refractivity contribution >= 4 is 88.3 Å². The van der Waals surface area contributed by atoms with Crippen LogP contribution in [0.1, 0.15) is 27.8 Å². The van der Waals surface area contributed by atoms with Crippen molar-refractivity contribution in [1.29, 1.82) is 0 Å².